The average molecular weight is 270 g/mol. The third-order valence-electron chi connectivity index (χ3n) is 3.12. The molecule has 0 bridgehead atoms. The fourth-order valence-corrected chi connectivity index (χ4v) is 1.95. The second-order valence-electron chi connectivity index (χ2n) is 4.56. The zero-order chi connectivity index (χ0) is 14.5. The maximum Gasteiger partial charge on any atom is 0.146 e. The molecule has 0 fully saturated rings. The van der Waals surface area contributed by atoms with E-state index in [-0.39, 0.29) is 12.4 Å². The Morgan fingerprint density at radius 2 is 1.95 bits per heavy atom. The van der Waals surface area contributed by atoms with Crippen molar-refractivity contribution in [2.45, 2.75) is 13.0 Å². The molecular formula is C16H15FN2O. The zero-order valence-electron chi connectivity index (χ0n) is 11.1. The van der Waals surface area contributed by atoms with Crippen molar-refractivity contribution in [1.29, 1.82) is 5.26 Å². The van der Waals surface area contributed by atoms with Crippen LogP contribution in [0.15, 0.2) is 42.5 Å². The molecule has 20 heavy (non-hydrogen) atoms. The van der Waals surface area contributed by atoms with Gasteiger partial charge >= 0.3 is 0 Å². The second kappa shape index (κ2) is 6.18. The summed E-state index contributed by atoms with van der Waals surface area (Å²) in [6.07, 6.45) is -0.762. The second-order valence-corrected chi connectivity index (χ2v) is 4.56. The SMILES string of the molecule is Cc1cccc(F)c1NCC(O)c1ccc(C#N)cc1. The minimum absolute atomic E-state index is 0.202. The van der Waals surface area contributed by atoms with Gasteiger partial charge in [-0.3, -0.25) is 0 Å². The number of hydrogen-bond donors (Lipinski definition) is 2. The molecule has 0 spiro atoms. The van der Waals surface area contributed by atoms with Crippen LogP contribution in [0, 0.1) is 24.1 Å². The van der Waals surface area contributed by atoms with Crippen LogP contribution in [0.5, 0.6) is 0 Å². The maximum absolute atomic E-state index is 13.6. The molecule has 4 heteroatoms. The van der Waals surface area contributed by atoms with Crippen LogP contribution in [0.3, 0.4) is 0 Å². The van der Waals surface area contributed by atoms with E-state index in [1.54, 1.807) is 43.3 Å². The Morgan fingerprint density at radius 3 is 2.55 bits per heavy atom. The van der Waals surface area contributed by atoms with Gasteiger partial charge in [0.15, 0.2) is 0 Å². The highest BCUT2D eigenvalue weighted by atomic mass is 19.1. The monoisotopic (exact) mass is 270 g/mol. The number of nitrogens with one attached hydrogen (secondary N) is 1. The van der Waals surface area contributed by atoms with E-state index in [2.05, 4.69) is 5.32 Å². The number of rotatable bonds is 4. The summed E-state index contributed by atoms with van der Waals surface area (Å²) in [4.78, 5) is 0. The largest absolute Gasteiger partial charge is 0.387 e. The Bertz CT molecular complexity index is 612. The summed E-state index contributed by atoms with van der Waals surface area (Å²) < 4.78 is 13.6. The third-order valence-corrected chi connectivity index (χ3v) is 3.12. The van der Waals surface area contributed by atoms with Crippen molar-refractivity contribution in [2.24, 2.45) is 0 Å². The lowest BCUT2D eigenvalue weighted by atomic mass is 10.1. The summed E-state index contributed by atoms with van der Waals surface area (Å²) in [5, 5.41) is 21.7. The Morgan fingerprint density at radius 1 is 1.25 bits per heavy atom. The quantitative estimate of drug-likeness (QED) is 0.897. The average Bonchev–Trinajstić information content (AvgIpc) is 2.46. The van der Waals surface area contributed by atoms with Gasteiger partial charge in [-0.1, -0.05) is 24.3 Å². The molecule has 2 aromatic rings. The molecule has 0 saturated heterocycles. The number of halogens is 1. The number of aryl methyl sites for hydroxylation is 1. The standard InChI is InChI=1S/C16H15FN2O/c1-11-3-2-4-14(17)16(11)19-10-15(20)13-7-5-12(9-18)6-8-13/h2-8,15,19-20H,10H2,1H3. The van der Waals surface area contributed by atoms with Crippen LogP contribution in [0.25, 0.3) is 0 Å². The Kier molecular flexibility index (Phi) is 4.34. The van der Waals surface area contributed by atoms with Crippen molar-refractivity contribution in [3.8, 4) is 6.07 Å². The molecule has 0 radical (unpaired) electrons. The van der Waals surface area contributed by atoms with E-state index in [1.165, 1.54) is 6.07 Å². The van der Waals surface area contributed by atoms with E-state index >= 15 is 0 Å². The molecule has 0 amide bonds. The van der Waals surface area contributed by atoms with Gasteiger partial charge in [0.25, 0.3) is 0 Å². The highest BCUT2D eigenvalue weighted by molar-refractivity contribution is 5.51. The van der Waals surface area contributed by atoms with E-state index in [0.29, 0.717) is 16.8 Å². The lowest BCUT2D eigenvalue weighted by molar-refractivity contribution is 0.191. The van der Waals surface area contributed by atoms with Crippen molar-refractivity contribution in [3.05, 3.63) is 65.0 Å². The van der Waals surface area contributed by atoms with Crippen LogP contribution in [-0.2, 0) is 0 Å². The first-order valence-corrected chi connectivity index (χ1v) is 6.29. The number of benzene rings is 2. The Hall–Kier alpha value is -2.38. The molecule has 0 aliphatic heterocycles. The van der Waals surface area contributed by atoms with E-state index in [9.17, 15) is 9.50 Å². The van der Waals surface area contributed by atoms with Crippen molar-refractivity contribution >= 4 is 5.69 Å². The summed E-state index contributed by atoms with van der Waals surface area (Å²) in [6.45, 7) is 2.01. The molecule has 1 atom stereocenters. The van der Waals surface area contributed by atoms with Gasteiger partial charge in [0.2, 0.25) is 0 Å². The molecule has 0 aliphatic carbocycles. The highest BCUT2D eigenvalue weighted by Crippen LogP contribution is 2.20. The smallest absolute Gasteiger partial charge is 0.146 e. The lowest BCUT2D eigenvalue weighted by Gasteiger charge is -2.15. The predicted octanol–water partition coefficient (Wildman–Crippen LogP) is 3.15. The van der Waals surface area contributed by atoms with Crippen LogP contribution in [0.2, 0.25) is 0 Å². The van der Waals surface area contributed by atoms with Crippen LogP contribution in [0.4, 0.5) is 10.1 Å². The van der Waals surface area contributed by atoms with Crippen molar-refractivity contribution in [1.82, 2.24) is 0 Å². The topological polar surface area (TPSA) is 56.0 Å². The van der Waals surface area contributed by atoms with Gasteiger partial charge in [0.1, 0.15) is 5.82 Å². The molecule has 3 nitrogen and oxygen atoms in total. The van der Waals surface area contributed by atoms with E-state index in [1.807, 2.05) is 6.07 Å². The zero-order valence-corrected chi connectivity index (χ0v) is 11.1. The minimum atomic E-state index is -0.762. The first kappa shape index (κ1) is 14.0. The van der Waals surface area contributed by atoms with E-state index < -0.39 is 6.10 Å². The predicted molar refractivity (Wildman–Crippen MR) is 75.7 cm³/mol. The minimum Gasteiger partial charge on any atom is -0.387 e. The van der Waals surface area contributed by atoms with Crippen molar-refractivity contribution in [2.75, 3.05) is 11.9 Å². The Balaban J connectivity index is 2.05. The fraction of sp³-hybridized carbons (Fsp3) is 0.188. The van der Waals surface area contributed by atoms with Crippen molar-refractivity contribution < 1.29 is 9.50 Å². The molecular weight excluding hydrogens is 255 g/mol. The highest BCUT2D eigenvalue weighted by Gasteiger charge is 2.10. The number of para-hydroxylation sites is 1. The van der Waals surface area contributed by atoms with Crippen molar-refractivity contribution in [3.63, 3.8) is 0 Å². The molecule has 0 saturated carbocycles. The number of nitrogens with zero attached hydrogens (tertiary/aromatic N) is 1. The van der Waals surface area contributed by atoms with Crippen LogP contribution < -0.4 is 5.32 Å². The summed E-state index contributed by atoms with van der Waals surface area (Å²) >= 11 is 0. The molecule has 0 aliphatic rings. The third kappa shape index (κ3) is 3.14. The number of nitriles is 1. The lowest BCUT2D eigenvalue weighted by Crippen LogP contribution is -2.13. The first-order chi connectivity index (χ1) is 9.61. The fourth-order valence-electron chi connectivity index (χ4n) is 1.95. The van der Waals surface area contributed by atoms with Gasteiger partial charge in [-0.05, 0) is 36.2 Å². The molecule has 2 N–H and O–H groups in total. The van der Waals surface area contributed by atoms with Gasteiger partial charge in [0, 0.05) is 6.54 Å². The van der Waals surface area contributed by atoms with Gasteiger partial charge in [-0.25, -0.2) is 4.39 Å². The number of anilines is 1. The number of aliphatic hydroxyl groups excluding tert-OH is 1. The van der Waals surface area contributed by atoms with Gasteiger partial charge in [-0.15, -0.1) is 0 Å². The summed E-state index contributed by atoms with van der Waals surface area (Å²) in [5.41, 5.74) is 2.42. The summed E-state index contributed by atoms with van der Waals surface area (Å²) in [5.74, 6) is -0.336. The first-order valence-electron chi connectivity index (χ1n) is 6.29. The number of hydrogen-bond acceptors (Lipinski definition) is 3. The maximum atomic E-state index is 13.6. The summed E-state index contributed by atoms with van der Waals surface area (Å²) in [7, 11) is 0. The molecule has 102 valence electrons. The summed E-state index contributed by atoms with van der Waals surface area (Å²) in [6, 6.07) is 13.5. The van der Waals surface area contributed by atoms with Crippen LogP contribution in [0.1, 0.15) is 22.8 Å². The van der Waals surface area contributed by atoms with Gasteiger partial charge in [-0.2, -0.15) is 5.26 Å². The van der Waals surface area contributed by atoms with E-state index in [0.717, 1.165) is 5.56 Å². The molecule has 0 aromatic heterocycles. The molecule has 2 rings (SSSR count). The normalized spacial score (nSPS) is 11.7. The van der Waals surface area contributed by atoms with E-state index in [4.69, 9.17) is 5.26 Å². The molecule has 1 unspecified atom stereocenters. The van der Waals surface area contributed by atoms with Gasteiger partial charge in [0.05, 0.1) is 23.4 Å². The van der Waals surface area contributed by atoms with Crippen LogP contribution in [-0.4, -0.2) is 11.7 Å². The Labute approximate surface area is 117 Å². The molecule has 2 aromatic carbocycles. The molecule has 0 heterocycles. The number of aliphatic hydroxyl groups is 1. The van der Waals surface area contributed by atoms with Gasteiger partial charge < -0.3 is 10.4 Å². The van der Waals surface area contributed by atoms with Crippen LogP contribution >= 0.6 is 0 Å².